The largest absolute Gasteiger partial charge is 0.380 e. The maximum Gasteiger partial charge on any atom is 0.255 e. The fraction of sp³-hybridized carbons (Fsp3) is 0.455. The summed E-state index contributed by atoms with van der Waals surface area (Å²) in [6, 6.07) is 1.51. The minimum absolute atomic E-state index is 0.157. The highest BCUT2D eigenvalue weighted by atomic mass is 35.5. The van der Waals surface area contributed by atoms with Crippen LogP contribution in [0.2, 0.25) is 10.2 Å². The van der Waals surface area contributed by atoms with Gasteiger partial charge in [-0.1, -0.05) is 23.2 Å². The SMILES string of the molecule is CCOCCN(C)C(=O)c1cnc(Cl)c(Cl)c1. The molecule has 1 rings (SSSR count). The van der Waals surface area contributed by atoms with Gasteiger partial charge in [0.05, 0.1) is 17.2 Å². The number of amides is 1. The van der Waals surface area contributed by atoms with Gasteiger partial charge in [-0.2, -0.15) is 0 Å². The third-order valence-electron chi connectivity index (χ3n) is 2.17. The summed E-state index contributed by atoms with van der Waals surface area (Å²) in [5.41, 5.74) is 0.415. The molecular formula is C11H14Cl2N2O2. The van der Waals surface area contributed by atoms with E-state index < -0.39 is 0 Å². The zero-order valence-electron chi connectivity index (χ0n) is 9.74. The summed E-state index contributed by atoms with van der Waals surface area (Å²) in [6.07, 6.45) is 1.41. The van der Waals surface area contributed by atoms with Crippen molar-refractivity contribution in [3.05, 3.63) is 28.0 Å². The van der Waals surface area contributed by atoms with Gasteiger partial charge in [0.25, 0.3) is 5.91 Å². The number of hydrogen-bond donors (Lipinski definition) is 0. The molecule has 1 aromatic rings. The lowest BCUT2D eigenvalue weighted by Crippen LogP contribution is -2.30. The van der Waals surface area contributed by atoms with Crippen LogP contribution in [-0.2, 0) is 4.74 Å². The number of pyridine rings is 1. The first-order valence-corrected chi connectivity index (χ1v) is 5.96. The average Bonchev–Trinajstić information content (AvgIpc) is 2.32. The average molecular weight is 277 g/mol. The molecule has 0 saturated carbocycles. The molecule has 1 aromatic heterocycles. The summed E-state index contributed by atoms with van der Waals surface area (Å²) in [5.74, 6) is -0.157. The van der Waals surface area contributed by atoms with Gasteiger partial charge < -0.3 is 9.64 Å². The summed E-state index contributed by atoms with van der Waals surface area (Å²) in [5, 5.41) is 0.468. The Kier molecular flexibility index (Phi) is 5.68. The van der Waals surface area contributed by atoms with E-state index in [2.05, 4.69) is 4.98 Å². The standard InChI is InChI=1S/C11H14Cl2N2O2/c1-3-17-5-4-15(2)11(16)8-6-9(12)10(13)14-7-8/h6-7H,3-5H2,1-2H3. The molecule has 0 aliphatic heterocycles. The number of hydrogen-bond acceptors (Lipinski definition) is 3. The number of nitrogens with zero attached hydrogens (tertiary/aromatic N) is 2. The lowest BCUT2D eigenvalue weighted by atomic mass is 10.2. The van der Waals surface area contributed by atoms with Crippen molar-refractivity contribution >= 4 is 29.1 Å². The van der Waals surface area contributed by atoms with Crippen molar-refractivity contribution in [2.24, 2.45) is 0 Å². The number of halogens is 2. The summed E-state index contributed by atoms with van der Waals surface area (Å²) in [6.45, 7) is 3.57. The molecule has 0 aromatic carbocycles. The Morgan fingerprint density at radius 2 is 2.24 bits per heavy atom. The first kappa shape index (κ1) is 14.2. The Morgan fingerprint density at radius 1 is 1.53 bits per heavy atom. The maximum absolute atomic E-state index is 11.9. The number of rotatable bonds is 5. The highest BCUT2D eigenvalue weighted by Gasteiger charge is 2.13. The van der Waals surface area contributed by atoms with Crippen molar-refractivity contribution in [2.45, 2.75) is 6.92 Å². The molecule has 0 unspecified atom stereocenters. The van der Waals surface area contributed by atoms with Crippen molar-refractivity contribution in [3.63, 3.8) is 0 Å². The molecule has 4 nitrogen and oxygen atoms in total. The Bertz CT molecular complexity index is 399. The number of carbonyl (C=O) groups is 1. The molecule has 0 spiro atoms. The molecule has 0 saturated heterocycles. The Balaban J connectivity index is 2.65. The first-order chi connectivity index (χ1) is 8.06. The molecule has 0 N–H and O–H groups in total. The van der Waals surface area contributed by atoms with E-state index in [4.69, 9.17) is 27.9 Å². The van der Waals surface area contributed by atoms with Crippen LogP contribution < -0.4 is 0 Å². The van der Waals surface area contributed by atoms with Crippen LogP contribution in [0.15, 0.2) is 12.3 Å². The summed E-state index contributed by atoms with van der Waals surface area (Å²) < 4.78 is 5.18. The summed E-state index contributed by atoms with van der Waals surface area (Å²) >= 11 is 11.5. The number of carbonyl (C=O) groups excluding carboxylic acids is 1. The molecule has 0 aliphatic carbocycles. The smallest absolute Gasteiger partial charge is 0.255 e. The lowest BCUT2D eigenvalue weighted by Gasteiger charge is -2.16. The van der Waals surface area contributed by atoms with Gasteiger partial charge in [0.1, 0.15) is 5.15 Å². The zero-order valence-corrected chi connectivity index (χ0v) is 11.3. The number of likely N-dealkylation sites (N-methyl/N-ethyl adjacent to an activating group) is 1. The lowest BCUT2D eigenvalue weighted by molar-refractivity contribution is 0.0709. The van der Waals surface area contributed by atoms with E-state index in [9.17, 15) is 4.79 Å². The molecule has 94 valence electrons. The van der Waals surface area contributed by atoms with E-state index in [0.717, 1.165) is 0 Å². The second-order valence-electron chi connectivity index (χ2n) is 3.42. The molecule has 1 amide bonds. The van der Waals surface area contributed by atoms with Crippen LogP contribution in [0.3, 0.4) is 0 Å². The van der Waals surface area contributed by atoms with Gasteiger partial charge in [-0.05, 0) is 13.0 Å². The van der Waals surface area contributed by atoms with Crippen molar-refractivity contribution < 1.29 is 9.53 Å². The fourth-order valence-electron chi connectivity index (χ4n) is 1.21. The van der Waals surface area contributed by atoms with E-state index in [1.807, 2.05) is 6.92 Å². The fourth-order valence-corrected chi connectivity index (χ4v) is 1.48. The highest BCUT2D eigenvalue weighted by Crippen LogP contribution is 2.20. The maximum atomic E-state index is 11.9. The van der Waals surface area contributed by atoms with Crippen LogP contribution in [-0.4, -0.2) is 42.6 Å². The van der Waals surface area contributed by atoms with E-state index in [-0.39, 0.29) is 16.1 Å². The normalized spacial score (nSPS) is 10.4. The van der Waals surface area contributed by atoms with Crippen LogP contribution in [0.5, 0.6) is 0 Å². The third kappa shape index (κ3) is 4.15. The molecule has 6 heteroatoms. The van der Waals surface area contributed by atoms with E-state index in [0.29, 0.717) is 25.3 Å². The van der Waals surface area contributed by atoms with Crippen LogP contribution in [0.25, 0.3) is 0 Å². The number of aromatic nitrogens is 1. The Morgan fingerprint density at radius 3 is 2.82 bits per heavy atom. The van der Waals surface area contributed by atoms with Crippen LogP contribution in [0, 0.1) is 0 Å². The second kappa shape index (κ2) is 6.79. The molecule has 0 radical (unpaired) electrons. The van der Waals surface area contributed by atoms with Gasteiger partial charge in [-0.15, -0.1) is 0 Å². The van der Waals surface area contributed by atoms with Gasteiger partial charge in [-0.3, -0.25) is 4.79 Å². The highest BCUT2D eigenvalue weighted by molar-refractivity contribution is 6.41. The van der Waals surface area contributed by atoms with Crippen LogP contribution in [0.4, 0.5) is 0 Å². The Labute approximate surface area is 110 Å². The second-order valence-corrected chi connectivity index (χ2v) is 4.19. The molecule has 0 bridgehead atoms. The van der Waals surface area contributed by atoms with Crippen LogP contribution in [0.1, 0.15) is 17.3 Å². The van der Waals surface area contributed by atoms with Gasteiger partial charge in [-0.25, -0.2) is 4.98 Å². The quantitative estimate of drug-likeness (QED) is 0.613. The minimum Gasteiger partial charge on any atom is -0.380 e. The molecule has 1 heterocycles. The van der Waals surface area contributed by atoms with Crippen molar-refractivity contribution in [1.29, 1.82) is 0 Å². The minimum atomic E-state index is -0.157. The van der Waals surface area contributed by atoms with Gasteiger partial charge in [0.15, 0.2) is 0 Å². The molecule has 0 atom stereocenters. The third-order valence-corrected chi connectivity index (χ3v) is 2.85. The van der Waals surface area contributed by atoms with E-state index >= 15 is 0 Å². The molecule has 17 heavy (non-hydrogen) atoms. The summed E-state index contributed by atoms with van der Waals surface area (Å²) in [4.78, 5) is 17.3. The molecular weight excluding hydrogens is 263 g/mol. The zero-order chi connectivity index (χ0) is 12.8. The van der Waals surface area contributed by atoms with Crippen LogP contribution >= 0.6 is 23.2 Å². The topological polar surface area (TPSA) is 42.4 Å². The predicted molar refractivity (Wildman–Crippen MR) is 67.7 cm³/mol. The van der Waals surface area contributed by atoms with Gasteiger partial charge in [0, 0.05) is 26.4 Å². The van der Waals surface area contributed by atoms with E-state index in [1.54, 1.807) is 11.9 Å². The van der Waals surface area contributed by atoms with Gasteiger partial charge >= 0.3 is 0 Å². The van der Waals surface area contributed by atoms with Crippen molar-refractivity contribution in [1.82, 2.24) is 9.88 Å². The monoisotopic (exact) mass is 276 g/mol. The first-order valence-electron chi connectivity index (χ1n) is 5.20. The summed E-state index contributed by atoms with van der Waals surface area (Å²) in [7, 11) is 1.70. The van der Waals surface area contributed by atoms with Crippen molar-refractivity contribution in [2.75, 3.05) is 26.8 Å². The van der Waals surface area contributed by atoms with E-state index in [1.165, 1.54) is 12.3 Å². The molecule has 0 aliphatic rings. The number of ether oxygens (including phenoxy) is 1. The molecule has 0 fully saturated rings. The predicted octanol–water partition coefficient (Wildman–Crippen LogP) is 2.50. The van der Waals surface area contributed by atoms with Gasteiger partial charge in [0.2, 0.25) is 0 Å². The Hall–Kier alpha value is -0.840. The van der Waals surface area contributed by atoms with Crippen molar-refractivity contribution in [3.8, 4) is 0 Å².